The summed E-state index contributed by atoms with van der Waals surface area (Å²) in [7, 11) is -3.35. The van der Waals surface area contributed by atoms with Crippen molar-refractivity contribution in [2.24, 2.45) is 0 Å². The predicted molar refractivity (Wildman–Crippen MR) is 68.1 cm³/mol. The summed E-state index contributed by atoms with van der Waals surface area (Å²) in [5, 5.41) is 2.74. The second-order valence-electron chi connectivity index (χ2n) is 4.28. The Balaban J connectivity index is 2.05. The Labute approximate surface area is 106 Å². The predicted octanol–water partition coefficient (Wildman–Crippen LogP) is 1.44. The van der Waals surface area contributed by atoms with Crippen molar-refractivity contribution in [3.8, 4) is 0 Å². The molecule has 1 saturated heterocycles. The van der Waals surface area contributed by atoms with E-state index in [4.69, 9.17) is 0 Å². The van der Waals surface area contributed by atoms with E-state index in [0.29, 0.717) is 13.1 Å². The fourth-order valence-corrected chi connectivity index (χ4v) is 4.17. The Morgan fingerprint density at radius 1 is 1.47 bits per heavy atom. The van der Waals surface area contributed by atoms with Gasteiger partial charge >= 0.3 is 0 Å². The Kier molecular flexibility index (Phi) is 3.82. The van der Waals surface area contributed by atoms with Crippen LogP contribution in [0.15, 0.2) is 5.38 Å². The molecule has 5 nitrogen and oxygen atoms in total. The van der Waals surface area contributed by atoms with Gasteiger partial charge in [-0.2, -0.15) is 17.4 Å². The summed E-state index contributed by atoms with van der Waals surface area (Å²) in [5.41, 5.74) is 0.928. The van der Waals surface area contributed by atoms with E-state index in [9.17, 15) is 8.42 Å². The molecule has 0 amide bonds. The highest BCUT2D eigenvalue weighted by Gasteiger charge is 2.27. The summed E-state index contributed by atoms with van der Waals surface area (Å²) in [6.45, 7) is 4.98. The van der Waals surface area contributed by atoms with Gasteiger partial charge in [-0.05, 0) is 26.7 Å². The van der Waals surface area contributed by atoms with Crippen LogP contribution in [0.4, 0.5) is 0 Å². The molecule has 7 heteroatoms. The Bertz CT molecular complexity index is 477. The average molecular weight is 275 g/mol. The van der Waals surface area contributed by atoms with E-state index < -0.39 is 10.2 Å². The van der Waals surface area contributed by atoms with Gasteiger partial charge in [-0.1, -0.05) is 0 Å². The lowest BCUT2D eigenvalue weighted by Crippen LogP contribution is -2.40. The number of aryl methyl sites for hydroxylation is 1. The molecular weight excluding hydrogens is 258 g/mol. The van der Waals surface area contributed by atoms with E-state index in [2.05, 4.69) is 9.71 Å². The lowest BCUT2D eigenvalue weighted by Gasteiger charge is -2.19. The SMILES string of the molecule is Cc1csc(C(C)NS(=O)(=O)N2CCCC2)n1. The summed E-state index contributed by atoms with van der Waals surface area (Å²) in [4.78, 5) is 4.29. The number of thiazole rings is 1. The molecule has 1 aliphatic heterocycles. The molecule has 1 N–H and O–H groups in total. The third-order valence-corrected chi connectivity index (χ3v) is 5.58. The van der Waals surface area contributed by atoms with Crippen molar-refractivity contribution in [1.29, 1.82) is 0 Å². The second-order valence-corrected chi connectivity index (χ2v) is 6.87. The van der Waals surface area contributed by atoms with Crippen LogP contribution in [0.2, 0.25) is 0 Å². The summed E-state index contributed by atoms with van der Waals surface area (Å²) in [6.07, 6.45) is 1.90. The second kappa shape index (κ2) is 5.01. The average Bonchev–Trinajstić information content (AvgIpc) is 2.86. The molecule has 96 valence electrons. The Morgan fingerprint density at radius 3 is 2.65 bits per heavy atom. The van der Waals surface area contributed by atoms with E-state index in [1.165, 1.54) is 15.6 Å². The van der Waals surface area contributed by atoms with Crippen LogP contribution in [-0.4, -0.2) is 30.8 Å². The zero-order chi connectivity index (χ0) is 12.5. The number of hydrogen-bond donors (Lipinski definition) is 1. The molecule has 1 atom stereocenters. The fraction of sp³-hybridized carbons (Fsp3) is 0.700. The van der Waals surface area contributed by atoms with Crippen molar-refractivity contribution in [1.82, 2.24) is 14.0 Å². The molecule has 17 heavy (non-hydrogen) atoms. The third-order valence-electron chi connectivity index (χ3n) is 2.74. The van der Waals surface area contributed by atoms with Crippen molar-refractivity contribution in [3.63, 3.8) is 0 Å². The van der Waals surface area contributed by atoms with E-state index in [1.807, 2.05) is 19.2 Å². The zero-order valence-electron chi connectivity index (χ0n) is 10.0. The smallest absolute Gasteiger partial charge is 0.245 e. The molecule has 0 aliphatic carbocycles. The van der Waals surface area contributed by atoms with Crippen LogP contribution in [0, 0.1) is 6.92 Å². The van der Waals surface area contributed by atoms with E-state index in [1.54, 1.807) is 0 Å². The van der Waals surface area contributed by atoms with Gasteiger partial charge in [-0.3, -0.25) is 0 Å². The monoisotopic (exact) mass is 275 g/mol. The molecule has 1 aromatic heterocycles. The highest BCUT2D eigenvalue weighted by molar-refractivity contribution is 7.87. The van der Waals surface area contributed by atoms with E-state index in [0.717, 1.165) is 23.5 Å². The quantitative estimate of drug-likeness (QED) is 0.904. The number of hydrogen-bond acceptors (Lipinski definition) is 4. The molecule has 1 aromatic rings. The van der Waals surface area contributed by atoms with Crippen LogP contribution >= 0.6 is 11.3 Å². The third kappa shape index (κ3) is 3.04. The highest BCUT2D eigenvalue weighted by Crippen LogP contribution is 2.20. The van der Waals surface area contributed by atoms with Gasteiger partial charge in [0.2, 0.25) is 0 Å². The molecule has 0 spiro atoms. The zero-order valence-corrected chi connectivity index (χ0v) is 11.6. The Hall–Kier alpha value is -0.500. The van der Waals surface area contributed by atoms with Gasteiger partial charge in [0, 0.05) is 24.2 Å². The van der Waals surface area contributed by atoms with Gasteiger partial charge in [0.05, 0.1) is 6.04 Å². The first-order chi connectivity index (χ1) is 7.99. The van der Waals surface area contributed by atoms with Crippen LogP contribution < -0.4 is 4.72 Å². The standard InChI is InChI=1S/C10H17N3O2S2/c1-8-7-16-10(11-8)9(2)12-17(14,15)13-5-3-4-6-13/h7,9,12H,3-6H2,1-2H3. The van der Waals surface area contributed by atoms with E-state index in [-0.39, 0.29) is 6.04 Å². The first-order valence-corrected chi connectivity index (χ1v) is 8.00. The first-order valence-electron chi connectivity index (χ1n) is 5.68. The first kappa shape index (κ1) is 12.9. The normalized spacial score (nSPS) is 19.6. The molecule has 1 unspecified atom stereocenters. The van der Waals surface area contributed by atoms with Crippen molar-refractivity contribution < 1.29 is 8.42 Å². The maximum atomic E-state index is 12.0. The van der Waals surface area contributed by atoms with Crippen LogP contribution in [0.1, 0.15) is 36.5 Å². The Morgan fingerprint density at radius 2 is 2.12 bits per heavy atom. The topological polar surface area (TPSA) is 62.3 Å². The summed E-state index contributed by atoms with van der Waals surface area (Å²) in [5.74, 6) is 0. The minimum atomic E-state index is -3.35. The minimum Gasteiger partial charge on any atom is -0.245 e. The number of rotatable bonds is 4. The fourth-order valence-electron chi connectivity index (χ4n) is 1.85. The molecule has 0 radical (unpaired) electrons. The molecular formula is C10H17N3O2S2. The number of nitrogens with one attached hydrogen (secondary N) is 1. The molecule has 1 fully saturated rings. The largest absolute Gasteiger partial charge is 0.280 e. The van der Waals surface area contributed by atoms with Gasteiger partial charge in [0.1, 0.15) is 5.01 Å². The van der Waals surface area contributed by atoms with Gasteiger partial charge in [-0.25, -0.2) is 4.98 Å². The maximum absolute atomic E-state index is 12.0. The van der Waals surface area contributed by atoms with Crippen LogP contribution in [0.25, 0.3) is 0 Å². The molecule has 0 saturated carbocycles. The van der Waals surface area contributed by atoms with Crippen LogP contribution in [0.5, 0.6) is 0 Å². The summed E-state index contributed by atoms with van der Waals surface area (Å²) < 4.78 is 28.2. The number of aromatic nitrogens is 1. The van der Waals surface area contributed by atoms with Gasteiger partial charge in [0.15, 0.2) is 0 Å². The summed E-state index contributed by atoms with van der Waals surface area (Å²) >= 11 is 1.48. The lowest BCUT2D eigenvalue weighted by molar-refractivity contribution is 0.456. The minimum absolute atomic E-state index is 0.265. The summed E-state index contributed by atoms with van der Waals surface area (Å²) in [6, 6.07) is -0.265. The van der Waals surface area contributed by atoms with Crippen molar-refractivity contribution in [3.05, 3.63) is 16.1 Å². The van der Waals surface area contributed by atoms with Gasteiger partial charge in [0.25, 0.3) is 10.2 Å². The highest BCUT2D eigenvalue weighted by atomic mass is 32.2. The van der Waals surface area contributed by atoms with Crippen LogP contribution in [0.3, 0.4) is 0 Å². The number of nitrogens with zero attached hydrogens (tertiary/aromatic N) is 2. The molecule has 0 aromatic carbocycles. The van der Waals surface area contributed by atoms with E-state index >= 15 is 0 Å². The maximum Gasteiger partial charge on any atom is 0.280 e. The van der Waals surface area contributed by atoms with Gasteiger partial charge in [-0.15, -0.1) is 11.3 Å². The lowest BCUT2D eigenvalue weighted by atomic mass is 10.4. The molecule has 2 rings (SSSR count). The van der Waals surface area contributed by atoms with Crippen molar-refractivity contribution in [2.75, 3.05) is 13.1 Å². The molecule has 0 bridgehead atoms. The molecule has 2 heterocycles. The van der Waals surface area contributed by atoms with Gasteiger partial charge < -0.3 is 0 Å². The molecule has 1 aliphatic rings. The van der Waals surface area contributed by atoms with Crippen molar-refractivity contribution >= 4 is 21.5 Å². The van der Waals surface area contributed by atoms with Crippen molar-refractivity contribution in [2.45, 2.75) is 32.7 Å². The van der Waals surface area contributed by atoms with Crippen LogP contribution in [-0.2, 0) is 10.2 Å².